The molecule has 0 heterocycles. The van der Waals surface area contributed by atoms with E-state index in [2.05, 4.69) is 32.1 Å². The highest BCUT2D eigenvalue weighted by Gasteiger charge is 2.60. The fourth-order valence-corrected chi connectivity index (χ4v) is 6.18. The van der Waals surface area contributed by atoms with Crippen LogP contribution in [0.5, 0.6) is 0 Å². The predicted molar refractivity (Wildman–Crippen MR) is 82.6 cm³/mol. The number of carbonyl (C=O) groups excluding carboxylic acids is 1. The van der Waals surface area contributed by atoms with Gasteiger partial charge in [0.25, 0.3) is 0 Å². The Hall–Kier alpha value is -0.890. The van der Waals surface area contributed by atoms with E-state index >= 15 is 0 Å². The van der Waals surface area contributed by atoms with E-state index in [0.29, 0.717) is 29.5 Å². The highest BCUT2D eigenvalue weighted by atomic mass is 16.3. The molecule has 0 saturated heterocycles. The van der Waals surface area contributed by atoms with Crippen molar-refractivity contribution in [1.82, 2.24) is 0 Å². The van der Waals surface area contributed by atoms with Crippen molar-refractivity contribution in [2.75, 3.05) is 0 Å². The van der Waals surface area contributed by atoms with Gasteiger partial charge in [-0.15, -0.1) is 0 Å². The molecule has 114 valence electrons. The molecule has 2 nitrogen and oxygen atoms in total. The molecule has 2 heteroatoms. The van der Waals surface area contributed by atoms with Gasteiger partial charge in [0, 0.05) is 5.41 Å². The van der Waals surface area contributed by atoms with Crippen LogP contribution in [-0.4, -0.2) is 17.0 Å². The first-order valence-corrected chi connectivity index (χ1v) is 8.52. The van der Waals surface area contributed by atoms with Gasteiger partial charge in [-0.1, -0.05) is 32.1 Å². The first-order valence-electron chi connectivity index (χ1n) is 8.52. The smallest absolute Gasteiger partial charge is 0.161 e. The van der Waals surface area contributed by atoms with Gasteiger partial charge in [-0.25, -0.2) is 0 Å². The lowest BCUT2D eigenvalue weighted by Gasteiger charge is -2.59. The number of hydrogen-bond acceptors (Lipinski definition) is 2. The zero-order chi connectivity index (χ0) is 14.8. The quantitative estimate of drug-likeness (QED) is 0.692. The Morgan fingerprint density at radius 3 is 2.86 bits per heavy atom. The van der Waals surface area contributed by atoms with Gasteiger partial charge in [0.1, 0.15) is 0 Å². The Labute approximate surface area is 127 Å². The zero-order valence-corrected chi connectivity index (χ0v) is 13.1. The van der Waals surface area contributed by atoms with Crippen molar-refractivity contribution >= 4 is 5.78 Å². The number of ketones is 1. The summed E-state index contributed by atoms with van der Waals surface area (Å²) in [5.41, 5.74) is 0.0342. The van der Waals surface area contributed by atoms with Crippen LogP contribution < -0.4 is 0 Å². The van der Waals surface area contributed by atoms with Gasteiger partial charge in [0.05, 0.1) is 6.10 Å². The summed E-state index contributed by atoms with van der Waals surface area (Å²) in [7, 11) is 0. The normalized spacial score (nSPS) is 55.0. The van der Waals surface area contributed by atoms with Crippen LogP contribution in [-0.2, 0) is 4.79 Å². The summed E-state index contributed by atoms with van der Waals surface area (Å²) in [4.78, 5) is 12.3. The molecule has 0 aromatic carbocycles. The number of carbonyl (C=O) groups is 1. The van der Waals surface area contributed by atoms with Crippen LogP contribution in [0.3, 0.4) is 0 Å². The van der Waals surface area contributed by atoms with Crippen LogP contribution in [0.1, 0.15) is 46.0 Å². The van der Waals surface area contributed by atoms with E-state index in [1.807, 2.05) is 6.08 Å². The molecule has 0 unspecified atom stereocenters. The highest BCUT2D eigenvalue weighted by Crippen LogP contribution is 2.63. The van der Waals surface area contributed by atoms with E-state index in [1.54, 1.807) is 0 Å². The third-order valence-electron chi connectivity index (χ3n) is 7.49. The van der Waals surface area contributed by atoms with Crippen LogP contribution in [0.2, 0.25) is 0 Å². The molecule has 0 aromatic heterocycles. The summed E-state index contributed by atoms with van der Waals surface area (Å²) in [6.45, 7) is 4.54. The van der Waals surface area contributed by atoms with Crippen molar-refractivity contribution in [3.8, 4) is 0 Å². The summed E-state index contributed by atoms with van der Waals surface area (Å²) < 4.78 is 0. The second kappa shape index (κ2) is 4.32. The molecule has 7 atom stereocenters. The van der Waals surface area contributed by atoms with E-state index in [9.17, 15) is 9.90 Å². The van der Waals surface area contributed by atoms with Crippen LogP contribution in [0, 0.1) is 34.5 Å². The average Bonchev–Trinajstić information content (AvgIpc) is 2.75. The largest absolute Gasteiger partial charge is 0.393 e. The highest BCUT2D eigenvalue weighted by molar-refractivity contribution is 5.97. The third kappa shape index (κ3) is 1.66. The first-order chi connectivity index (χ1) is 9.97. The second-order valence-electron chi connectivity index (χ2n) is 8.30. The summed E-state index contributed by atoms with van der Waals surface area (Å²) in [6.07, 6.45) is 13.5. The second-order valence-corrected chi connectivity index (χ2v) is 8.30. The van der Waals surface area contributed by atoms with Crippen molar-refractivity contribution in [2.45, 2.75) is 52.1 Å². The topological polar surface area (TPSA) is 37.3 Å². The standard InChI is InChI=1S/C19H26O2/c1-18-9-4-3-5-15(18)16(20)11-12-13-6-7-17(21)19(13,2)10-8-14(12)18/h3-4,6-7,12-16,20H,5,8-11H2,1-2H3/t12-,13-,14-,15+,16-,18+,19-/m0/s1. The van der Waals surface area contributed by atoms with Crippen LogP contribution in [0.15, 0.2) is 24.3 Å². The molecule has 2 fully saturated rings. The molecule has 0 aromatic rings. The number of hydrogen-bond donors (Lipinski definition) is 1. The Morgan fingerprint density at radius 2 is 2.05 bits per heavy atom. The molecule has 4 aliphatic rings. The minimum atomic E-state index is -0.201. The van der Waals surface area contributed by atoms with Gasteiger partial charge in [0.2, 0.25) is 0 Å². The lowest BCUT2D eigenvalue weighted by Crippen LogP contribution is -2.56. The van der Waals surface area contributed by atoms with Gasteiger partial charge in [-0.05, 0) is 67.3 Å². The molecule has 0 bridgehead atoms. The molecule has 1 N–H and O–H groups in total. The Kier molecular flexibility index (Phi) is 2.83. The molecule has 0 radical (unpaired) electrons. The minimum Gasteiger partial charge on any atom is -0.393 e. The molecule has 0 aliphatic heterocycles. The average molecular weight is 286 g/mol. The lowest BCUT2D eigenvalue weighted by atomic mass is 9.45. The summed E-state index contributed by atoms with van der Waals surface area (Å²) in [5.74, 6) is 2.21. The van der Waals surface area contributed by atoms with Gasteiger partial charge in [-0.3, -0.25) is 4.79 Å². The zero-order valence-electron chi connectivity index (χ0n) is 13.1. The summed E-state index contributed by atoms with van der Waals surface area (Å²) in [5, 5.41) is 10.7. The lowest BCUT2D eigenvalue weighted by molar-refractivity contribution is -0.147. The van der Waals surface area contributed by atoms with Crippen molar-refractivity contribution in [3.63, 3.8) is 0 Å². The monoisotopic (exact) mass is 286 g/mol. The molecule has 0 amide bonds. The fourth-order valence-electron chi connectivity index (χ4n) is 6.18. The Morgan fingerprint density at radius 1 is 1.24 bits per heavy atom. The number of rotatable bonds is 0. The van der Waals surface area contributed by atoms with Crippen molar-refractivity contribution in [1.29, 1.82) is 0 Å². The maximum Gasteiger partial charge on any atom is 0.161 e. The number of fused-ring (bicyclic) bond motifs is 5. The van der Waals surface area contributed by atoms with E-state index in [1.165, 1.54) is 0 Å². The van der Waals surface area contributed by atoms with E-state index in [4.69, 9.17) is 0 Å². The van der Waals surface area contributed by atoms with E-state index in [-0.39, 0.29) is 16.9 Å². The molecule has 4 rings (SSSR count). The first kappa shape index (κ1) is 13.8. The maximum atomic E-state index is 12.3. The number of allylic oxidation sites excluding steroid dienone is 4. The summed E-state index contributed by atoms with van der Waals surface area (Å²) in [6, 6.07) is 0. The van der Waals surface area contributed by atoms with Crippen molar-refractivity contribution in [3.05, 3.63) is 24.3 Å². The Bertz CT molecular complexity index is 534. The molecule has 0 spiro atoms. The molecular weight excluding hydrogens is 260 g/mol. The molecule has 4 aliphatic carbocycles. The van der Waals surface area contributed by atoms with Crippen molar-refractivity contribution < 1.29 is 9.90 Å². The predicted octanol–water partition coefficient (Wildman–Crippen LogP) is 3.51. The van der Waals surface area contributed by atoms with Crippen LogP contribution in [0.4, 0.5) is 0 Å². The summed E-state index contributed by atoms with van der Waals surface area (Å²) >= 11 is 0. The van der Waals surface area contributed by atoms with Gasteiger partial charge in [-0.2, -0.15) is 0 Å². The molecular formula is C19H26O2. The van der Waals surface area contributed by atoms with Crippen LogP contribution in [0.25, 0.3) is 0 Å². The SMILES string of the molecule is C[C@]12CC=CC[C@@H]1[C@@H](O)C[C@@H]1[C@@H]2CC[C@]2(C)C(=O)C=C[C@@H]12. The van der Waals surface area contributed by atoms with E-state index in [0.717, 1.165) is 32.1 Å². The van der Waals surface area contributed by atoms with Gasteiger partial charge in [0.15, 0.2) is 5.78 Å². The van der Waals surface area contributed by atoms with Gasteiger partial charge < -0.3 is 5.11 Å². The molecule has 21 heavy (non-hydrogen) atoms. The van der Waals surface area contributed by atoms with E-state index < -0.39 is 0 Å². The number of aliphatic hydroxyl groups excluding tert-OH is 1. The minimum absolute atomic E-state index is 0.186. The third-order valence-corrected chi connectivity index (χ3v) is 7.49. The van der Waals surface area contributed by atoms with Gasteiger partial charge >= 0.3 is 0 Å². The van der Waals surface area contributed by atoms with Crippen LogP contribution >= 0.6 is 0 Å². The Balaban J connectivity index is 1.73. The van der Waals surface area contributed by atoms with Crippen molar-refractivity contribution in [2.24, 2.45) is 34.5 Å². The fraction of sp³-hybridized carbons (Fsp3) is 0.737. The molecule has 2 saturated carbocycles. The number of aliphatic hydroxyl groups is 1. The maximum absolute atomic E-state index is 12.3.